The molecule has 288 valence electrons. The Hall–Kier alpha value is -6.10. The predicted octanol–water partition coefficient (Wildman–Crippen LogP) is 5.93. The van der Waals surface area contributed by atoms with Crippen LogP contribution in [0.15, 0.2) is 54.9 Å². The van der Waals surface area contributed by atoms with Gasteiger partial charge < -0.3 is 40.2 Å². The fourth-order valence-electron chi connectivity index (χ4n) is 7.08. The van der Waals surface area contributed by atoms with Crippen LogP contribution in [0.2, 0.25) is 0 Å². The van der Waals surface area contributed by atoms with Crippen LogP contribution in [0, 0.1) is 29.6 Å². The van der Waals surface area contributed by atoms with Gasteiger partial charge in [-0.15, -0.1) is 22.7 Å². The molecule has 6 heterocycles. The van der Waals surface area contributed by atoms with Gasteiger partial charge >= 0.3 is 12.2 Å². The molecule has 56 heavy (non-hydrogen) atoms. The van der Waals surface area contributed by atoms with Gasteiger partial charge in [-0.2, -0.15) is 0 Å². The minimum atomic E-state index is -1.22. The predicted molar refractivity (Wildman–Crippen MR) is 211 cm³/mol. The highest BCUT2D eigenvalue weighted by molar-refractivity contribution is 7.28. The summed E-state index contributed by atoms with van der Waals surface area (Å²) in [5.41, 5.74) is 1.86. The zero-order valence-electron chi connectivity index (χ0n) is 30.9. The molecule has 1 aromatic carbocycles. The summed E-state index contributed by atoms with van der Waals surface area (Å²) in [5, 5.41) is 14.3. The van der Waals surface area contributed by atoms with Gasteiger partial charge in [0.15, 0.2) is 0 Å². The average Bonchev–Trinajstić information content (AvgIpc) is 4.03. The number of amides is 4. The molecule has 0 bridgehead atoms. The van der Waals surface area contributed by atoms with Gasteiger partial charge in [0.05, 0.1) is 35.1 Å². The number of hydrogen-bond donors (Lipinski definition) is 5. The molecule has 0 radical (unpaired) electrons. The normalized spacial score (nSPS) is 17.5. The highest BCUT2D eigenvalue weighted by atomic mass is 32.1. The van der Waals surface area contributed by atoms with Crippen LogP contribution in [0.3, 0.4) is 0 Å². The van der Waals surface area contributed by atoms with Crippen LogP contribution in [-0.2, 0) is 14.3 Å². The fourth-order valence-corrected chi connectivity index (χ4v) is 9.19. The van der Waals surface area contributed by atoms with E-state index in [2.05, 4.69) is 49.3 Å². The number of aromatic nitrogens is 4. The van der Waals surface area contributed by atoms with Crippen LogP contribution in [0.4, 0.5) is 9.59 Å². The molecular weight excluding hydrogens is 753 g/mol. The van der Waals surface area contributed by atoms with Crippen LogP contribution in [0.5, 0.6) is 0 Å². The van der Waals surface area contributed by atoms with E-state index in [1.54, 1.807) is 57.0 Å². The molecule has 1 unspecified atom stereocenters. The Balaban J connectivity index is 0.994. The Morgan fingerprint density at radius 2 is 1.54 bits per heavy atom. The van der Waals surface area contributed by atoms with Crippen LogP contribution >= 0.6 is 22.7 Å². The largest absolute Gasteiger partial charge is 0.465 e. The van der Waals surface area contributed by atoms with Crippen LogP contribution in [0.1, 0.15) is 96.0 Å². The molecule has 0 spiro atoms. The zero-order valence-corrected chi connectivity index (χ0v) is 32.6. The standard InChI is InChI=1S/C40H40N8O6S2/c1-23(2)33(45-39(51)52)37(49)47-17-7-11-29(47)35-41-21-25(43-35)13-15-27-19-31-32(55-27)20-28(56-31)16-14-26-22-42-36(44-26)30-12-8-18-48(30)38(50)34(46-40(53)54-3)24-9-5-4-6-10-24/h4-6,9-10,19-23,29-30,33-34,45H,7-8,11-12,17-18H2,1-3H3,(H,41,43)(H,42,44)(H,46,53)(H,51,52)/t29-,30?,33-,34+/m0/s1. The van der Waals surface area contributed by atoms with Crippen molar-refractivity contribution in [1.29, 1.82) is 0 Å². The van der Waals surface area contributed by atoms with Crippen molar-refractivity contribution >= 4 is 56.1 Å². The number of H-pyrrole nitrogens is 2. The lowest BCUT2D eigenvalue weighted by Crippen LogP contribution is -2.50. The highest BCUT2D eigenvalue weighted by Crippen LogP contribution is 2.35. The number of nitrogens with zero attached hydrogens (tertiary/aromatic N) is 4. The van der Waals surface area contributed by atoms with Crippen LogP contribution < -0.4 is 10.6 Å². The molecule has 2 aliphatic rings. The molecule has 5 N–H and O–H groups in total. The zero-order chi connectivity index (χ0) is 39.3. The van der Waals surface area contributed by atoms with Crippen molar-refractivity contribution in [3.63, 3.8) is 0 Å². The number of fused-ring (bicyclic) bond motifs is 1. The third-order valence-corrected chi connectivity index (χ3v) is 11.9. The number of ether oxygens (including phenoxy) is 1. The number of thiophene rings is 2. The molecule has 4 aromatic heterocycles. The van der Waals surface area contributed by atoms with Crippen molar-refractivity contribution in [2.24, 2.45) is 5.92 Å². The number of hydrogen-bond acceptors (Lipinski definition) is 9. The van der Waals surface area contributed by atoms with Crippen molar-refractivity contribution in [2.75, 3.05) is 20.2 Å². The van der Waals surface area contributed by atoms with Gasteiger partial charge in [0.25, 0.3) is 5.91 Å². The van der Waals surface area contributed by atoms with Gasteiger partial charge in [0.2, 0.25) is 5.91 Å². The number of carboxylic acid groups (broad SMARTS) is 1. The molecule has 5 aromatic rings. The van der Waals surface area contributed by atoms with E-state index in [-0.39, 0.29) is 29.8 Å². The number of likely N-dealkylation sites (tertiary alicyclic amines) is 2. The van der Waals surface area contributed by atoms with E-state index >= 15 is 0 Å². The molecule has 0 aliphatic carbocycles. The molecular formula is C40H40N8O6S2. The van der Waals surface area contributed by atoms with Crippen LogP contribution in [0.25, 0.3) is 9.40 Å². The summed E-state index contributed by atoms with van der Waals surface area (Å²) >= 11 is 3.14. The second-order valence-electron chi connectivity index (χ2n) is 13.8. The first-order valence-corrected chi connectivity index (χ1v) is 19.9. The molecule has 2 saturated heterocycles. The molecule has 7 rings (SSSR count). The number of benzene rings is 1. The minimum absolute atomic E-state index is 0.195. The lowest BCUT2D eigenvalue weighted by molar-refractivity contribution is -0.135. The van der Waals surface area contributed by atoms with Crippen molar-refractivity contribution in [3.05, 3.63) is 93.2 Å². The van der Waals surface area contributed by atoms with Gasteiger partial charge in [0.1, 0.15) is 35.1 Å². The first-order chi connectivity index (χ1) is 27.1. The monoisotopic (exact) mass is 792 g/mol. The molecule has 4 amide bonds. The van der Waals surface area contributed by atoms with Gasteiger partial charge in [-0.05, 0) is 73.0 Å². The van der Waals surface area contributed by atoms with E-state index in [1.165, 1.54) is 7.11 Å². The van der Waals surface area contributed by atoms with Gasteiger partial charge in [-0.3, -0.25) is 9.59 Å². The van der Waals surface area contributed by atoms with E-state index in [0.29, 0.717) is 41.7 Å². The van der Waals surface area contributed by atoms with E-state index in [4.69, 9.17) is 9.72 Å². The maximum absolute atomic E-state index is 13.8. The summed E-state index contributed by atoms with van der Waals surface area (Å²) in [7, 11) is 1.27. The number of methoxy groups -OCH3 is 1. The second-order valence-corrected chi connectivity index (χ2v) is 16.0. The molecule has 16 heteroatoms. The number of imidazole rings is 2. The topological polar surface area (TPSA) is 186 Å². The molecule has 0 saturated carbocycles. The summed E-state index contributed by atoms with van der Waals surface area (Å²) in [5.74, 6) is 13.3. The highest BCUT2D eigenvalue weighted by Gasteiger charge is 2.38. The first kappa shape index (κ1) is 38.2. The van der Waals surface area contributed by atoms with E-state index in [1.807, 2.05) is 44.2 Å². The van der Waals surface area contributed by atoms with E-state index in [0.717, 1.165) is 44.8 Å². The number of rotatable bonds is 8. The molecule has 14 nitrogen and oxygen atoms in total. The maximum Gasteiger partial charge on any atom is 0.407 e. The minimum Gasteiger partial charge on any atom is -0.465 e. The fraction of sp³-hybridized carbons (Fsp3) is 0.350. The Kier molecular flexibility index (Phi) is 11.4. The van der Waals surface area contributed by atoms with Crippen molar-refractivity contribution in [3.8, 4) is 23.7 Å². The van der Waals surface area contributed by atoms with Crippen LogP contribution in [-0.4, -0.2) is 85.1 Å². The Morgan fingerprint density at radius 3 is 2.18 bits per heavy atom. The summed E-state index contributed by atoms with van der Waals surface area (Å²) in [4.78, 5) is 71.5. The summed E-state index contributed by atoms with van der Waals surface area (Å²) < 4.78 is 6.94. The molecule has 2 fully saturated rings. The number of nitrogens with one attached hydrogen (secondary N) is 4. The van der Waals surface area contributed by atoms with Gasteiger partial charge in [-0.25, -0.2) is 19.6 Å². The van der Waals surface area contributed by atoms with Crippen molar-refractivity contribution in [1.82, 2.24) is 40.4 Å². The Morgan fingerprint density at radius 1 is 0.893 bits per heavy atom. The lowest BCUT2D eigenvalue weighted by atomic mass is 10.0. The summed E-state index contributed by atoms with van der Waals surface area (Å²) in [6, 6.07) is 10.9. The quantitative estimate of drug-likeness (QED) is 0.120. The number of aromatic amines is 2. The van der Waals surface area contributed by atoms with E-state index in [9.17, 15) is 24.3 Å². The maximum atomic E-state index is 13.8. The summed E-state index contributed by atoms with van der Waals surface area (Å²) in [6.45, 7) is 4.71. The Labute approximate surface area is 331 Å². The Bertz CT molecular complexity index is 2340. The van der Waals surface area contributed by atoms with Gasteiger partial charge in [-0.1, -0.05) is 44.2 Å². The summed E-state index contributed by atoms with van der Waals surface area (Å²) in [6.07, 6.45) is 4.56. The third kappa shape index (κ3) is 8.41. The van der Waals surface area contributed by atoms with Crippen molar-refractivity contribution < 1.29 is 29.0 Å². The van der Waals surface area contributed by atoms with Gasteiger partial charge in [0, 0.05) is 28.7 Å². The smallest absolute Gasteiger partial charge is 0.407 e. The molecule has 2 aliphatic heterocycles. The van der Waals surface area contributed by atoms with E-state index < -0.39 is 24.3 Å². The number of carbonyl (C=O) groups excluding carboxylic acids is 3. The average molecular weight is 793 g/mol. The number of alkyl carbamates (subject to hydrolysis) is 1. The van der Waals surface area contributed by atoms with Crippen molar-refractivity contribution in [2.45, 2.75) is 63.7 Å². The second kappa shape index (κ2) is 16.7. The SMILES string of the molecule is COC(=O)N[C@@H](C(=O)N1CCCC1c1nc(C#Cc2cc3sc(C#Cc4cnc([C@@H]5CCCN5C(=O)[C@@H](NC(=O)O)C(C)C)[nH]4)cc3s2)c[nH]1)c1ccccc1. The third-order valence-electron chi connectivity index (χ3n) is 9.78. The number of carbonyl (C=O) groups is 4. The lowest BCUT2D eigenvalue weighted by Gasteiger charge is -2.29. The molecule has 4 atom stereocenters. The first-order valence-electron chi connectivity index (χ1n) is 18.3.